The number of nitro benzene ring substituents is 1. The number of nitro groups is 1. The summed E-state index contributed by atoms with van der Waals surface area (Å²) in [6.07, 6.45) is 0. The van der Waals surface area contributed by atoms with Gasteiger partial charge in [-0.15, -0.1) is 0 Å². The average molecular weight is 387 g/mol. The third-order valence-corrected chi connectivity index (χ3v) is 4.80. The van der Waals surface area contributed by atoms with Crippen LogP contribution >= 0.6 is 11.6 Å². The van der Waals surface area contributed by atoms with Gasteiger partial charge in [0.25, 0.3) is 5.69 Å². The first-order valence-corrected chi connectivity index (χ1v) is 8.96. The van der Waals surface area contributed by atoms with E-state index in [-0.39, 0.29) is 17.3 Å². The van der Waals surface area contributed by atoms with Gasteiger partial charge in [-0.2, -0.15) is 5.26 Å². The molecule has 27 heavy (non-hydrogen) atoms. The second kappa shape index (κ2) is 8.82. The molecule has 2 aromatic carbocycles. The Morgan fingerprint density at radius 2 is 1.96 bits per heavy atom. The van der Waals surface area contributed by atoms with Crippen LogP contribution in [-0.2, 0) is 4.74 Å². The maximum atomic E-state index is 11.4. The van der Waals surface area contributed by atoms with Gasteiger partial charge in [-0.1, -0.05) is 23.7 Å². The van der Waals surface area contributed by atoms with E-state index in [1.54, 1.807) is 12.1 Å². The topological polar surface area (TPSA) is 91.4 Å². The van der Waals surface area contributed by atoms with E-state index in [0.717, 1.165) is 18.7 Å². The van der Waals surface area contributed by atoms with Crippen molar-refractivity contribution < 1.29 is 9.66 Å². The van der Waals surface area contributed by atoms with Crippen molar-refractivity contribution in [3.05, 3.63) is 68.7 Å². The molecule has 1 N–H and O–H groups in total. The minimum absolute atomic E-state index is 0.0152. The molecule has 1 heterocycles. The molecule has 0 aliphatic carbocycles. The number of rotatable bonds is 6. The molecule has 1 aliphatic heterocycles. The molecule has 0 saturated carbocycles. The van der Waals surface area contributed by atoms with Crippen molar-refractivity contribution in [1.82, 2.24) is 4.90 Å². The summed E-state index contributed by atoms with van der Waals surface area (Å²) in [4.78, 5) is 13.2. The van der Waals surface area contributed by atoms with Gasteiger partial charge in [-0.3, -0.25) is 15.0 Å². The molecule has 0 amide bonds. The Bertz CT molecular complexity index is 845. The number of anilines is 1. The minimum Gasteiger partial charge on any atom is -0.379 e. The van der Waals surface area contributed by atoms with Gasteiger partial charge in [0.05, 0.1) is 35.8 Å². The van der Waals surface area contributed by atoms with E-state index in [4.69, 9.17) is 21.6 Å². The Kier molecular flexibility index (Phi) is 6.24. The van der Waals surface area contributed by atoms with E-state index in [0.29, 0.717) is 30.5 Å². The third kappa shape index (κ3) is 4.74. The lowest BCUT2D eigenvalue weighted by atomic mass is 10.0. The van der Waals surface area contributed by atoms with Gasteiger partial charge in [-0.25, -0.2) is 0 Å². The first kappa shape index (κ1) is 19.1. The van der Waals surface area contributed by atoms with Crippen LogP contribution < -0.4 is 5.32 Å². The molecule has 0 radical (unpaired) electrons. The largest absolute Gasteiger partial charge is 0.379 e. The van der Waals surface area contributed by atoms with Crippen molar-refractivity contribution in [2.45, 2.75) is 6.04 Å². The number of ether oxygens (including phenoxy) is 1. The summed E-state index contributed by atoms with van der Waals surface area (Å²) in [5.41, 5.74) is 1.62. The summed E-state index contributed by atoms with van der Waals surface area (Å²) < 4.78 is 5.44. The van der Waals surface area contributed by atoms with E-state index in [1.807, 2.05) is 30.3 Å². The summed E-state index contributed by atoms with van der Waals surface area (Å²) >= 11 is 6.01. The number of halogens is 1. The molecule has 1 unspecified atom stereocenters. The van der Waals surface area contributed by atoms with Crippen molar-refractivity contribution in [1.29, 1.82) is 5.26 Å². The van der Waals surface area contributed by atoms with Crippen LogP contribution in [0.5, 0.6) is 0 Å². The van der Waals surface area contributed by atoms with Crippen LogP contribution in [0.25, 0.3) is 0 Å². The van der Waals surface area contributed by atoms with Crippen molar-refractivity contribution in [2.24, 2.45) is 0 Å². The van der Waals surface area contributed by atoms with Gasteiger partial charge >= 0.3 is 0 Å². The highest BCUT2D eigenvalue weighted by atomic mass is 35.5. The van der Waals surface area contributed by atoms with Crippen molar-refractivity contribution in [2.75, 3.05) is 38.2 Å². The number of hydrogen-bond acceptors (Lipinski definition) is 6. The Labute approximate surface area is 162 Å². The SMILES string of the molecule is N#Cc1ccc(NCC(c2ccc(Cl)cc2)N2CCOCC2)c([N+](=O)[O-])c1. The normalized spacial score (nSPS) is 15.7. The number of nitrogens with zero attached hydrogens (tertiary/aromatic N) is 3. The lowest BCUT2D eigenvalue weighted by molar-refractivity contribution is -0.384. The van der Waals surface area contributed by atoms with Gasteiger partial charge < -0.3 is 10.1 Å². The summed E-state index contributed by atoms with van der Waals surface area (Å²) in [6.45, 7) is 3.35. The molecule has 1 saturated heterocycles. The summed E-state index contributed by atoms with van der Waals surface area (Å²) in [6, 6.07) is 14.0. The average Bonchev–Trinajstić information content (AvgIpc) is 2.70. The maximum Gasteiger partial charge on any atom is 0.293 e. The highest BCUT2D eigenvalue weighted by Gasteiger charge is 2.24. The van der Waals surface area contributed by atoms with E-state index in [9.17, 15) is 10.1 Å². The Morgan fingerprint density at radius 1 is 1.26 bits per heavy atom. The fourth-order valence-corrected chi connectivity index (χ4v) is 3.27. The molecule has 8 heteroatoms. The predicted octanol–water partition coefficient (Wildman–Crippen LogP) is 3.61. The lowest BCUT2D eigenvalue weighted by Gasteiger charge is -2.35. The monoisotopic (exact) mass is 386 g/mol. The quantitative estimate of drug-likeness (QED) is 0.602. The van der Waals surface area contributed by atoms with Crippen LogP contribution in [0.15, 0.2) is 42.5 Å². The van der Waals surface area contributed by atoms with E-state index in [1.165, 1.54) is 6.07 Å². The number of morpholine rings is 1. The van der Waals surface area contributed by atoms with Crippen LogP contribution in [-0.4, -0.2) is 42.7 Å². The fourth-order valence-electron chi connectivity index (χ4n) is 3.14. The molecule has 1 aliphatic rings. The molecule has 0 bridgehead atoms. The smallest absolute Gasteiger partial charge is 0.293 e. The highest BCUT2D eigenvalue weighted by Crippen LogP contribution is 2.28. The van der Waals surface area contributed by atoms with Crippen LogP contribution in [0.4, 0.5) is 11.4 Å². The molecule has 1 atom stereocenters. The first-order chi connectivity index (χ1) is 13.1. The molecule has 1 fully saturated rings. The standard InChI is InChI=1S/C19H19ClN4O3/c20-16-4-2-15(3-5-16)19(23-7-9-27-10-8-23)13-22-17-6-1-14(12-21)11-18(17)24(25)26/h1-6,11,19,22H,7-10,13H2. The molecule has 7 nitrogen and oxygen atoms in total. The highest BCUT2D eigenvalue weighted by molar-refractivity contribution is 6.30. The summed E-state index contributed by atoms with van der Waals surface area (Å²) in [5.74, 6) is 0. The molecule has 3 rings (SSSR count). The van der Waals surface area contributed by atoms with E-state index in [2.05, 4.69) is 10.2 Å². The zero-order chi connectivity index (χ0) is 19.2. The second-order valence-corrected chi connectivity index (χ2v) is 6.63. The Balaban J connectivity index is 1.83. The molecule has 140 valence electrons. The van der Waals surface area contributed by atoms with Crippen LogP contribution in [0, 0.1) is 21.4 Å². The first-order valence-electron chi connectivity index (χ1n) is 8.58. The van der Waals surface area contributed by atoms with E-state index >= 15 is 0 Å². The number of nitrogens with one attached hydrogen (secondary N) is 1. The van der Waals surface area contributed by atoms with E-state index < -0.39 is 4.92 Å². The Hall–Kier alpha value is -2.66. The van der Waals surface area contributed by atoms with Gasteiger partial charge in [-0.05, 0) is 29.8 Å². The van der Waals surface area contributed by atoms with Crippen molar-refractivity contribution in [3.63, 3.8) is 0 Å². The van der Waals surface area contributed by atoms with Crippen LogP contribution in [0.2, 0.25) is 5.02 Å². The lowest BCUT2D eigenvalue weighted by Crippen LogP contribution is -2.41. The zero-order valence-corrected chi connectivity index (χ0v) is 15.4. The zero-order valence-electron chi connectivity index (χ0n) is 14.6. The number of benzene rings is 2. The van der Waals surface area contributed by atoms with Crippen LogP contribution in [0.3, 0.4) is 0 Å². The van der Waals surface area contributed by atoms with Gasteiger partial charge in [0, 0.05) is 30.7 Å². The predicted molar refractivity (Wildman–Crippen MR) is 103 cm³/mol. The summed E-state index contributed by atoms with van der Waals surface area (Å²) in [7, 11) is 0. The molecular weight excluding hydrogens is 368 g/mol. The fraction of sp³-hybridized carbons (Fsp3) is 0.316. The minimum atomic E-state index is -0.477. The van der Waals surface area contributed by atoms with Gasteiger partial charge in [0.1, 0.15) is 5.69 Å². The van der Waals surface area contributed by atoms with Crippen molar-refractivity contribution >= 4 is 23.0 Å². The molecular formula is C19H19ClN4O3. The number of nitriles is 1. The number of hydrogen-bond donors (Lipinski definition) is 1. The molecule has 2 aromatic rings. The molecule has 0 aromatic heterocycles. The second-order valence-electron chi connectivity index (χ2n) is 6.20. The maximum absolute atomic E-state index is 11.4. The van der Waals surface area contributed by atoms with Crippen LogP contribution in [0.1, 0.15) is 17.2 Å². The third-order valence-electron chi connectivity index (χ3n) is 4.55. The van der Waals surface area contributed by atoms with Gasteiger partial charge in [0.2, 0.25) is 0 Å². The Morgan fingerprint density at radius 3 is 2.59 bits per heavy atom. The van der Waals surface area contributed by atoms with Gasteiger partial charge in [0.15, 0.2) is 0 Å². The summed E-state index contributed by atoms with van der Waals surface area (Å²) in [5, 5.41) is 24.2. The van der Waals surface area contributed by atoms with Crippen molar-refractivity contribution in [3.8, 4) is 6.07 Å². The molecule has 0 spiro atoms.